The Kier molecular flexibility index (Phi) is 3.08. The van der Waals surface area contributed by atoms with Crippen molar-refractivity contribution >= 4 is 16.8 Å². The minimum absolute atomic E-state index is 0.00239. The molecule has 1 aromatic heterocycles. The highest BCUT2D eigenvalue weighted by Gasteiger charge is 2.29. The van der Waals surface area contributed by atoms with Crippen molar-refractivity contribution in [3.8, 4) is 0 Å². The van der Waals surface area contributed by atoms with Gasteiger partial charge in [-0.2, -0.15) is 5.10 Å². The highest BCUT2D eigenvalue weighted by atomic mass is 16.2. The Labute approximate surface area is 118 Å². The molecule has 0 bridgehead atoms. The molecule has 1 aromatic carbocycles. The lowest BCUT2D eigenvalue weighted by atomic mass is 9.91. The van der Waals surface area contributed by atoms with Crippen LogP contribution in [0.25, 0.3) is 10.9 Å². The van der Waals surface area contributed by atoms with E-state index in [2.05, 4.69) is 54.1 Å². The van der Waals surface area contributed by atoms with Crippen molar-refractivity contribution < 1.29 is 4.79 Å². The zero-order valence-corrected chi connectivity index (χ0v) is 11.9. The summed E-state index contributed by atoms with van der Waals surface area (Å²) in [5.41, 5.74) is 3.92. The van der Waals surface area contributed by atoms with E-state index in [0.717, 1.165) is 35.1 Å². The van der Waals surface area contributed by atoms with Gasteiger partial charge in [-0.05, 0) is 30.4 Å². The van der Waals surface area contributed by atoms with Crippen molar-refractivity contribution in [3.63, 3.8) is 0 Å². The van der Waals surface area contributed by atoms with Crippen LogP contribution in [0.2, 0.25) is 0 Å². The Morgan fingerprint density at radius 1 is 1.40 bits per heavy atom. The third-order valence-corrected chi connectivity index (χ3v) is 3.96. The standard InChI is InChI=1S/C16H19N3O/c1-9(2)11-5-7-12-14(8-11)18-19-15(12)13-6-4-10(3)17-16(13)20/h5,7-9,13H,3-4,6H2,1-2H3,(H,17,20)(H,18,19). The van der Waals surface area contributed by atoms with E-state index in [4.69, 9.17) is 0 Å². The number of carbonyl (C=O) groups is 1. The summed E-state index contributed by atoms with van der Waals surface area (Å²) in [6, 6.07) is 6.31. The average Bonchev–Trinajstić information content (AvgIpc) is 2.81. The number of rotatable bonds is 2. The fourth-order valence-electron chi connectivity index (χ4n) is 2.72. The van der Waals surface area contributed by atoms with Crippen molar-refractivity contribution in [2.24, 2.45) is 0 Å². The first kappa shape index (κ1) is 12.9. The lowest BCUT2D eigenvalue weighted by Gasteiger charge is -2.22. The van der Waals surface area contributed by atoms with E-state index >= 15 is 0 Å². The van der Waals surface area contributed by atoms with E-state index < -0.39 is 0 Å². The highest BCUT2D eigenvalue weighted by Crippen LogP contribution is 2.31. The molecule has 2 heterocycles. The number of fused-ring (bicyclic) bond motifs is 1. The summed E-state index contributed by atoms with van der Waals surface area (Å²) in [7, 11) is 0. The highest BCUT2D eigenvalue weighted by molar-refractivity contribution is 5.92. The second kappa shape index (κ2) is 4.78. The third-order valence-electron chi connectivity index (χ3n) is 3.96. The lowest BCUT2D eigenvalue weighted by molar-refractivity contribution is -0.122. The molecule has 20 heavy (non-hydrogen) atoms. The monoisotopic (exact) mass is 269 g/mol. The van der Waals surface area contributed by atoms with Gasteiger partial charge >= 0.3 is 0 Å². The summed E-state index contributed by atoms with van der Waals surface area (Å²) in [6.45, 7) is 8.14. The van der Waals surface area contributed by atoms with Crippen LogP contribution < -0.4 is 5.32 Å². The van der Waals surface area contributed by atoms with Crippen LogP contribution in [0.1, 0.15) is 49.8 Å². The van der Waals surface area contributed by atoms with Crippen LogP contribution in [0, 0.1) is 0 Å². The van der Waals surface area contributed by atoms with Gasteiger partial charge in [-0.15, -0.1) is 0 Å². The summed E-state index contributed by atoms with van der Waals surface area (Å²) >= 11 is 0. The first-order valence-electron chi connectivity index (χ1n) is 7.03. The van der Waals surface area contributed by atoms with Gasteiger partial charge in [-0.3, -0.25) is 9.89 Å². The number of H-pyrrole nitrogens is 1. The molecule has 1 atom stereocenters. The van der Waals surface area contributed by atoms with E-state index in [-0.39, 0.29) is 11.8 Å². The quantitative estimate of drug-likeness (QED) is 0.879. The SMILES string of the molecule is C=C1CCC(c2n[nH]c3cc(C(C)C)ccc23)C(=O)N1. The molecule has 0 radical (unpaired) electrons. The fraction of sp³-hybridized carbons (Fsp3) is 0.375. The Balaban J connectivity index is 2.00. The van der Waals surface area contributed by atoms with Gasteiger partial charge in [-0.25, -0.2) is 0 Å². The molecule has 1 fully saturated rings. The number of nitrogens with one attached hydrogen (secondary N) is 2. The molecule has 1 aliphatic rings. The maximum Gasteiger partial charge on any atom is 0.233 e. The van der Waals surface area contributed by atoms with Crippen LogP contribution in [0.5, 0.6) is 0 Å². The van der Waals surface area contributed by atoms with Crippen molar-refractivity contribution in [1.29, 1.82) is 0 Å². The van der Waals surface area contributed by atoms with Crippen molar-refractivity contribution in [2.75, 3.05) is 0 Å². The van der Waals surface area contributed by atoms with Gasteiger partial charge in [0.15, 0.2) is 0 Å². The Bertz CT molecular complexity index is 684. The molecule has 3 rings (SSSR count). The molecule has 4 heteroatoms. The van der Waals surface area contributed by atoms with Gasteiger partial charge in [0.25, 0.3) is 0 Å². The molecule has 1 unspecified atom stereocenters. The first-order chi connectivity index (χ1) is 9.56. The number of aromatic nitrogens is 2. The molecule has 2 N–H and O–H groups in total. The maximum absolute atomic E-state index is 12.1. The fourth-order valence-corrected chi connectivity index (χ4v) is 2.72. The van der Waals surface area contributed by atoms with E-state index in [1.54, 1.807) is 0 Å². The number of allylic oxidation sites excluding steroid dienone is 1. The number of benzene rings is 1. The molecule has 0 saturated carbocycles. The van der Waals surface area contributed by atoms with E-state index in [1.807, 2.05) is 0 Å². The van der Waals surface area contributed by atoms with Crippen molar-refractivity contribution in [1.82, 2.24) is 15.5 Å². The average molecular weight is 269 g/mol. The second-order valence-corrected chi connectivity index (χ2v) is 5.75. The van der Waals surface area contributed by atoms with Gasteiger partial charge in [0.05, 0.1) is 17.1 Å². The zero-order valence-electron chi connectivity index (χ0n) is 11.9. The summed E-state index contributed by atoms with van der Waals surface area (Å²) in [5, 5.41) is 11.3. The van der Waals surface area contributed by atoms with Gasteiger partial charge < -0.3 is 5.32 Å². The van der Waals surface area contributed by atoms with Gasteiger partial charge in [-0.1, -0.05) is 32.6 Å². The number of hydrogen-bond donors (Lipinski definition) is 2. The molecular weight excluding hydrogens is 250 g/mol. The summed E-state index contributed by atoms with van der Waals surface area (Å²) in [4.78, 5) is 12.1. The minimum atomic E-state index is -0.181. The molecule has 0 spiro atoms. The Hall–Kier alpha value is -2.10. The van der Waals surface area contributed by atoms with Crippen LogP contribution >= 0.6 is 0 Å². The van der Waals surface area contributed by atoms with E-state index in [0.29, 0.717) is 5.92 Å². The zero-order chi connectivity index (χ0) is 14.3. The number of piperidine rings is 1. The number of hydrogen-bond acceptors (Lipinski definition) is 2. The maximum atomic E-state index is 12.1. The smallest absolute Gasteiger partial charge is 0.233 e. The number of carbonyl (C=O) groups excluding carboxylic acids is 1. The van der Waals surface area contributed by atoms with Crippen molar-refractivity contribution in [3.05, 3.63) is 41.7 Å². The first-order valence-corrected chi connectivity index (χ1v) is 7.03. The lowest BCUT2D eigenvalue weighted by Crippen LogP contribution is -2.33. The Morgan fingerprint density at radius 2 is 2.20 bits per heavy atom. The largest absolute Gasteiger partial charge is 0.330 e. The van der Waals surface area contributed by atoms with Crippen LogP contribution in [-0.4, -0.2) is 16.1 Å². The normalized spacial score (nSPS) is 19.6. The predicted molar refractivity (Wildman–Crippen MR) is 79.4 cm³/mol. The predicted octanol–water partition coefficient (Wildman–Crippen LogP) is 3.19. The topological polar surface area (TPSA) is 57.8 Å². The third kappa shape index (κ3) is 2.11. The molecule has 4 nitrogen and oxygen atoms in total. The second-order valence-electron chi connectivity index (χ2n) is 5.75. The van der Waals surface area contributed by atoms with Gasteiger partial charge in [0, 0.05) is 11.1 Å². The molecule has 1 aliphatic heterocycles. The Morgan fingerprint density at radius 3 is 2.90 bits per heavy atom. The molecule has 2 aromatic rings. The van der Waals surface area contributed by atoms with Crippen LogP contribution in [0.15, 0.2) is 30.5 Å². The number of aromatic amines is 1. The number of nitrogens with zero attached hydrogens (tertiary/aromatic N) is 1. The van der Waals surface area contributed by atoms with E-state index in [1.165, 1.54) is 5.56 Å². The van der Waals surface area contributed by atoms with Crippen LogP contribution in [-0.2, 0) is 4.79 Å². The van der Waals surface area contributed by atoms with Gasteiger partial charge in [0.2, 0.25) is 5.91 Å². The summed E-state index contributed by atoms with van der Waals surface area (Å²) < 4.78 is 0. The summed E-state index contributed by atoms with van der Waals surface area (Å²) in [5.74, 6) is 0.300. The molecule has 1 amide bonds. The molecule has 0 aliphatic carbocycles. The number of amides is 1. The molecular formula is C16H19N3O. The molecule has 104 valence electrons. The van der Waals surface area contributed by atoms with E-state index in [9.17, 15) is 4.79 Å². The van der Waals surface area contributed by atoms with Gasteiger partial charge in [0.1, 0.15) is 0 Å². The molecule has 1 saturated heterocycles. The minimum Gasteiger partial charge on any atom is -0.330 e. The van der Waals surface area contributed by atoms with Crippen LogP contribution in [0.4, 0.5) is 0 Å². The van der Waals surface area contributed by atoms with Crippen LogP contribution in [0.3, 0.4) is 0 Å². The summed E-state index contributed by atoms with van der Waals surface area (Å²) in [6.07, 6.45) is 1.59. The van der Waals surface area contributed by atoms with Crippen molar-refractivity contribution in [2.45, 2.75) is 38.5 Å².